The Morgan fingerprint density at radius 1 is 1.07 bits per heavy atom. The predicted octanol–water partition coefficient (Wildman–Crippen LogP) is 5.59. The average Bonchev–Trinajstić information content (AvgIpc) is 3.77. The summed E-state index contributed by atoms with van der Waals surface area (Å²) in [6.07, 6.45) is 6.92. The van der Waals surface area contributed by atoms with E-state index in [2.05, 4.69) is 44.5 Å². The minimum Gasteiger partial charge on any atom is -0.497 e. The molecule has 1 atom stereocenters. The number of hydrogen-bond donors (Lipinski definition) is 1. The predicted molar refractivity (Wildman–Crippen MR) is 152 cm³/mol. The second-order valence-electron chi connectivity index (χ2n) is 10.5. The van der Waals surface area contributed by atoms with Crippen molar-refractivity contribution in [3.8, 4) is 5.75 Å². The summed E-state index contributed by atoms with van der Waals surface area (Å²) in [5.41, 5.74) is 3.55. The Morgan fingerprint density at radius 2 is 1.88 bits per heavy atom. The number of furan rings is 1. The molecular formula is C31H34N6O3. The van der Waals surface area contributed by atoms with Gasteiger partial charge in [-0.1, -0.05) is 38.0 Å². The number of nitrogens with one attached hydrogen (secondary N) is 1. The summed E-state index contributed by atoms with van der Waals surface area (Å²) < 4.78 is 13.1. The summed E-state index contributed by atoms with van der Waals surface area (Å²) in [7, 11) is 1.66. The molecule has 3 heterocycles. The third-order valence-corrected chi connectivity index (χ3v) is 7.92. The van der Waals surface area contributed by atoms with E-state index in [-0.39, 0.29) is 11.6 Å². The molecule has 3 aromatic heterocycles. The highest BCUT2D eigenvalue weighted by molar-refractivity contribution is 5.80. The Morgan fingerprint density at radius 3 is 2.60 bits per heavy atom. The molecule has 9 nitrogen and oxygen atoms in total. The van der Waals surface area contributed by atoms with E-state index in [0.717, 1.165) is 60.1 Å². The van der Waals surface area contributed by atoms with E-state index >= 15 is 0 Å². The van der Waals surface area contributed by atoms with Crippen molar-refractivity contribution in [3.05, 3.63) is 106 Å². The van der Waals surface area contributed by atoms with Crippen molar-refractivity contribution in [2.75, 3.05) is 7.11 Å². The lowest BCUT2D eigenvalue weighted by Gasteiger charge is -2.31. The molecule has 0 saturated heterocycles. The fraction of sp³-hybridized carbons (Fsp3) is 0.355. The number of aryl methyl sites for hydroxylation is 1. The molecule has 0 aliphatic heterocycles. The van der Waals surface area contributed by atoms with Crippen molar-refractivity contribution in [1.29, 1.82) is 0 Å². The van der Waals surface area contributed by atoms with Crippen LogP contribution in [0.1, 0.15) is 73.0 Å². The number of fused-ring (bicyclic) bond motifs is 1. The topological polar surface area (TPSA) is 102 Å². The van der Waals surface area contributed by atoms with Gasteiger partial charge in [-0.2, -0.15) is 0 Å². The van der Waals surface area contributed by atoms with Crippen LogP contribution in [-0.4, -0.2) is 37.2 Å². The number of nitrogens with zero attached hydrogens (tertiary/aromatic N) is 5. The van der Waals surface area contributed by atoms with Crippen molar-refractivity contribution in [3.63, 3.8) is 0 Å². The van der Waals surface area contributed by atoms with Crippen LogP contribution in [0, 0.1) is 0 Å². The van der Waals surface area contributed by atoms with Gasteiger partial charge in [0.2, 0.25) is 0 Å². The van der Waals surface area contributed by atoms with E-state index in [9.17, 15) is 4.79 Å². The fourth-order valence-corrected chi connectivity index (χ4v) is 5.79. The molecule has 0 amide bonds. The summed E-state index contributed by atoms with van der Waals surface area (Å²) in [6.45, 7) is 3.14. The van der Waals surface area contributed by atoms with E-state index < -0.39 is 6.04 Å². The number of ether oxygens (including phenoxy) is 1. The third-order valence-electron chi connectivity index (χ3n) is 7.92. The molecule has 0 bridgehead atoms. The molecule has 0 radical (unpaired) electrons. The third kappa shape index (κ3) is 5.29. The Hall–Kier alpha value is -4.24. The van der Waals surface area contributed by atoms with Crippen LogP contribution in [0.5, 0.6) is 5.75 Å². The second-order valence-corrected chi connectivity index (χ2v) is 10.5. The average molecular weight is 539 g/mol. The van der Waals surface area contributed by atoms with Gasteiger partial charge in [-0.15, -0.1) is 5.10 Å². The van der Waals surface area contributed by atoms with Gasteiger partial charge in [-0.05, 0) is 88.7 Å². The van der Waals surface area contributed by atoms with Gasteiger partial charge >= 0.3 is 0 Å². The molecule has 2 aromatic carbocycles. The highest BCUT2D eigenvalue weighted by atomic mass is 16.5. The van der Waals surface area contributed by atoms with Crippen LogP contribution in [0.25, 0.3) is 10.9 Å². The Labute approximate surface area is 232 Å². The van der Waals surface area contributed by atoms with Crippen LogP contribution in [0.2, 0.25) is 0 Å². The first kappa shape index (κ1) is 26.0. The van der Waals surface area contributed by atoms with Gasteiger partial charge < -0.3 is 14.1 Å². The lowest BCUT2D eigenvalue weighted by Crippen LogP contribution is -2.35. The van der Waals surface area contributed by atoms with Crippen molar-refractivity contribution in [2.45, 2.75) is 64.2 Å². The molecule has 0 unspecified atom stereocenters. The molecule has 1 saturated carbocycles. The standard InChI is InChI=1S/C31H34N6O3/c1-3-21-12-15-28-23(17-21)18-27(31(38)32-28)29(30-33-34-35-37(30)24-7-4-5-8-24)36(20-26-9-6-16-40-26)19-22-10-13-25(39-2)14-11-22/h6,9-18,24,29H,3-5,7-8,19-20H2,1-2H3,(H,32,38)/t29-/m1/s1. The largest absolute Gasteiger partial charge is 0.497 e. The summed E-state index contributed by atoms with van der Waals surface area (Å²) in [5.74, 6) is 2.26. The lowest BCUT2D eigenvalue weighted by molar-refractivity contribution is 0.176. The first-order chi connectivity index (χ1) is 19.6. The zero-order valence-corrected chi connectivity index (χ0v) is 22.9. The molecule has 1 aliphatic carbocycles. The molecule has 6 rings (SSSR count). The van der Waals surface area contributed by atoms with Crippen LogP contribution in [-0.2, 0) is 19.5 Å². The number of rotatable bonds is 10. The van der Waals surface area contributed by atoms with E-state index in [4.69, 9.17) is 9.15 Å². The number of methoxy groups -OCH3 is 1. The molecule has 1 fully saturated rings. The van der Waals surface area contributed by atoms with Crippen LogP contribution < -0.4 is 10.3 Å². The van der Waals surface area contributed by atoms with Gasteiger partial charge in [0.05, 0.1) is 26.0 Å². The van der Waals surface area contributed by atoms with Gasteiger partial charge in [0.1, 0.15) is 17.6 Å². The number of tetrazole rings is 1. The van der Waals surface area contributed by atoms with Crippen molar-refractivity contribution < 1.29 is 9.15 Å². The molecule has 1 N–H and O–H groups in total. The summed E-state index contributed by atoms with van der Waals surface area (Å²) in [6, 6.07) is 19.7. The van der Waals surface area contributed by atoms with E-state index in [1.807, 2.05) is 53.2 Å². The lowest BCUT2D eigenvalue weighted by atomic mass is 10.0. The van der Waals surface area contributed by atoms with E-state index in [0.29, 0.717) is 24.5 Å². The normalized spacial score (nSPS) is 14.8. The van der Waals surface area contributed by atoms with Gasteiger partial charge in [0.15, 0.2) is 5.82 Å². The minimum absolute atomic E-state index is 0.151. The fourth-order valence-electron chi connectivity index (χ4n) is 5.79. The Kier molecular flexibility index (Phi) is 7.46. The molecule has 0 spiro atoms. The maximum Gasteiger partial charge on any atom is 0.253 e. The summed E-state index contributed by atoms with van der Waals surface area (Å²) in [4.78, 5) is 19.2. The Balaban J connectivity index is 1.52. The minimum atomic E-state index is -0.513. The SMILES string of the molecule is CCc1ccc2[nH]c(=O)c([C@H](c3nnnn3C3CCCC3)N(Cc3ccc(OC)cc3)Cc3ccco3)cc2c1. The maximum absolute atomic E-state index is 13.8. The van der Waals surface area contributed by atoms with E-state index in [1.54, 1.807) is 13.4 Å². The first-order valence-corrected chi connectivity index (χ1v) is 14.0. The molecule has 5 aromatic rings. The zero-order chi connectivity index (χ0) is 27.5. The quantitative estimate of drug-likeness (QED) is 0.247. The van der Waals surface area contributed by atoms with Crippen molar-refractivity contribution in [2.24, 2.45) is 0 Å². The molecule has 206 valence electrons. The highest BCUT2D eigenvalue weighted by Gasteiger charge is 2.34. The van der Waals surface area contributed by atoms with Gasteiger partial charge in [0.25, 0.3) is 5.56 Å². The smallest absolute Gasteiger partial charge is 0.253 e. The molecule has 40 heavy (non-hydrogen) atoms. The van der Waals surface area contributed by atoms with Crippen LogP contribution in [0.3, 0.4) is 0 Å². The maximum atomic E-state index is 13.8. The summed E-state index contributed by atoms with van der Waals surface area (Å²) in [5, 5.41) is 14.1. The second kappa shape index (κ2) is 11.5. The molecule has 9 heteroatoms. The molecular weight excluding hydrogens is 504 g/mol. The first-order valence-electron chi connectivity index (χ1n) is 14.0. The number of benzene rings is 2. The van der Waals surface area contributed by atoms with E-state index in [1.165, 1.54) is 5.56 Å². The van der Waals surface area contributed by atoms with Crippen LogP contribution >= 0.6 is 0 Å². The number of H-pyrrole nitrogens is 1. The van der Waals surface area contributed by atoms with Gasteiger partial charge in [-0.3, -0.25) is 9.69 Å². The highest BCUT2D eigenvalue weighted by Crippen LogP contribution is 2.35. The van der Waals surface area contributed by atoms with Crippen LogP contribution in [0.15, 0.2) is 76.1 Å². The zero-order valence-electron chi connectivity index (χ0n) is 22.9. The summed E-state index contributed by atoms with van der Waals surface area (Å²) >= 11 is 0. The number of pyridine rings is 1. The van der Waals surface area contributed by atoms with Gasteiger partial charge in [0, 0.05) is 17.6 Å². The number of aromatic nitrogens is 5. The molecule has 1 aliphatic rings. The monoisotopic (exact) mass is 538 g/mol. The van der Waals surface area contributed by atoms with Gasteiger partial charge in [-0.25, -0.2) is 4.68 Å². The Bertz CT molecular complexity index is 1620. The van der Waals surface area contributed by atoms with Crippen molar-refractivity contribution in [1.82, 2.24) is 30.1 Å². The van der Waals surface area contributed by atoms with Crippen LogP contribution in [0.4, 0.5) is 0 Å². The number of aromatic amines is 1. The van der Waals surface area contributed by atoms with Crippen molar-refractivity contribution >= 4 is 10.9 Å². The number of hydrogen-bond acceptors (Lipinski definition) is 7.